The Morgan fingerprint density at radius 2 is 1.77 bits per heavy atom. The molecule has 31 heavy (non-hydrogen) atoms. The summed E-state index contributed by atoms with van der Waals surface area (Å²) in [5.41, 5.74) is 3.82. The second-order valence-corrected chi connectivity index (χ2v) is 8.49. The SMILES string of the molecule is Cc1ccc(-c2nnc(SCC(=O)Nc3cc(C)nn3C)n2-c2ccc(Cl)cc2)cc1. The van der Waals surface area contributed by atoms with Crippen LogP contribution < -0.4 is 5.32 Å². The molecule has 0 unspecified atom stereocenters. The van der Waals surface area contributed by atoms with Gasteiger partial charge < -0.3 is 5.32 Å². The first kappa shape index (κ1) is 21.1. The van der Waals surface area contributed by atoms with E-state index in [0.717, 1.165) is 22.5 Å². The zero-order valence-corrected chi connectivity index (χ0v) is 18.9. The summed E-state index contributed by atoms with van der Waals surface area (Å²) >= 11 is 7.39. The number of hydrogen-bond donors (Lipinski definition) is 1. The highest BCUT2D eigenvalue weighted by atomic mass is 35.5. The van der Waals surface area contributed by atoms with Gasteiger partial charge in [0.05, 0.1) is 11.4 Å². The smallest absolute Gasteiger partial charge is 0.235 e. The van der Waals surface area contributed by atoms with Crippen molar-refractivity contribution in [1.82, 2.24) is 24.5 Å². The molecule has 0 saturated heterocycles. The Hall–Kier alpha value is -3.10. The molecule has 4 rings (SSSR count). The van der Waals surface area contributed by atoms with Crippen molar-refractivity contribution in [2.75, 3.05) is 11.1 Å². The van der Waals surface area contributed by atoms with Crippen LogP contribution in [0.25, 0.3) is 17.1 Å². The van der Waals surface area contributed by atoms with Crippen molar-refractivity contribution < 1.29 is 4.79 Å². The number of hydrogen-bond acceptors (Lipinski definition) is 5. The third-order valence-electron chi connectivity index (χ3n) is 4.63. The number of anilines is 1. The Bertz CT molecular complexity index is 1210. The van der Waals surface area contributed by atoms with Crippen LogP contribution in [0.5, 0.6) is 0 Å². The maximum Gasteiger partial charge on any atom is 0.235 e. The van der Waals surface area contributed by atoms with E-state index in [2.05, 4.69) is 20.6 Å². The van der Waals surface area contributed by atoms with Crippen LogP contribution in [0.4, 0.5) is 5.82 Å². The lowest BCUT2D eigenvalue weighted by atomic mass is 10.1. The molecule has 0 spiro atoms. The minimum absolute atomic E-state index is 0.143. The number of nitrogens with one attached hydrogen (secondary N) is 1. The summed E-state index contributed by atoms with van der Waals surface area (Å²) in [6.07, 6.45) is 0. The molecule has 2 heterocycles. The highest BCUT2D eigenvalue weighted by molar-refractivity contribution is 7.99. The molecule has 0 aliphatic rings. The number of thioether (sulfide) groups is 1. The molecular weight excluding hydrogens is 432 g/mol. The third kappa shape index (κ3) is 4.81. The number of rotatable bonds is 6. The largest absolute Gasteiger partial charge is 0.310 e. The fourth-order valence-electron chi connectivity index (χ4n) is 3.11. The van der Waals surface area contributed by atoms with E-state index < -0.39 is 0 Å². The van der Waals surface area contributed by atoms with Crippen LogP contribution in [0, 0.1) is 13.8 Å². The second kappa shape index (κ2) is 8.95. The molecule has 0 bridgehead atoms. The van der Waals surface area contributed by atoms with E-state index in [1.807, 2.05) is 73.0 Å². The van der Waals surface area contributed by atoms with Crippen LogP contribution in [0.1, 0.15) is 11.3 Å². The molecule has 7 nitrogen and oxygen atoms in total. The molecule has 0 atom stereocenters. The summed E-state index contributed by atoms with van der Waals surface area (Å²) in [6.45, 7) is 3.92. The summed E-state index contributed by atoms with van der Waals surface area (Å²) in [5.74, 6) is 1.40. The van der Waals surface area contributed by atoms with E-state index in [9.17, 15) is 4.79 Å². The number of carbonyl (C=O) groups is 1. The number of nitrogens with zero attached hydrogens (tertiary/aromatic N) is 5. The lowest BCUT2D eigenvalue weighted by molar-refractivity contribution is -0.113. The standard InChI is InChI=1S/C22H21ClN6OS/c1-14-4-6-16(7-5-14)21-25-26-22(29(21)18-10-8-17(23)9-11-18)31-13-20(30)24-19-12-15(2)27-28(19)3/h4-12H,13H2,1-3H3,(H,24,30). The molecule has 0 radical (unpaired) electrons. The van der Waals surface area contributed by atoms with Gasteiger partial charge in [-0.2, -0.15) is 5.10 Å². The van der Waals surface area contributed by atoms with Crippen molar-refractivity contribution in [3.8, 4) is 17.1 Å². The molecular formula is C22H21ClN6OS. The van der Waals surface area contributed by atoms with E-state index in [4.69, 9.17) is 11.6 Å². The first-order valence-corrected chi connectivity index (χ1v) is 11.0. The van der Waals surface area contributed by atoms with Crippen molar-refractivity contribution in [3.05, 3.63) is 70.9 Å². The van der Waals surface area contributed by atoms with E-state index in [0.29, 0.717) is 21.8 Å². The summed E-state index contributed by atoms with van der Waals surface area (Å²) < 4.78 is 3.58. The predicted molar refractivity (Wildman–Crippen MR) is 124 cm³/mol. The van der Waals surface area contributed by atoms with Crippen LogP contribution in [0.3, 0.4) is 0 Å². The van der Waals surface area contributed by atoms with Crippen LogP contribution in [0.15, 0.2) is 59.8 Å². The Balaban J connectivity index is 1.61. The van der Waals surface area contributed by atoms with Crippen LogP contribution >= 0.6 is 23.4 Å². The molecule has 0 saturated carbocycles. The normalized spacial score (nSPS) is 11.0. The van der Waals surface area contributed by atoms with E-state index in [1.54, 1.807) is 11.7 Å². The van der Waals surface area contributed by atoms with Crippen molar-refractivity contribution >= 4 is 35.1 Å². The molecule has 2 aromatic heterocycles. The molecule has 0 fully saturated rings. The second-order valence-electron chi connectivity index (χ2n) is 7.12. The number of benzene rings is 2. The van der Waals surface area contributed by atoms with Gasteiger partial charge in [-0.1, -0.05) is 53.2 Å². The van der Waals surface area contributed by atoms with Gasteiger partial charge in [0.25, 0.3) is 0 Å². The highest BCUT2D eigenvalue weighted by Crippen LogP contribution is 2.29. The lowest BCUT2D eigenvalue weighted by Crippen LogP contribution is -2.16. The number of halogens is 1. The Morgan fingerprint density at radius 3 is 2.42 bits per heavy atom. The third-order valence-corrected chi connectivity index (χ3v) is 5.81. The molecule has 0 aliphatic heterocycles. The molecule has 1 N–H and O–H groups in total. The van der Waals surface area contributed by atoms with Crippen molar-refractivity contribution in [2.45, 2.75) is 19.0 Å². The van der Waals surface area contributed by atoms with E-state index in [1.165, 1.54) is 11.8 Å². The van der Waals surface area contributed by atoms with Crippen LogP contribution in [0.2, 0.25) is 5.02 Å². The van der Waals surface area contributed by atoms with Gasteiger partial charge in [-0.25, -0.2) is 0 Å². The maximum atomic E-state index is 12.5. The summed E-state index contributed by atoms with van der Waals surface area (Å²) in [5, 5.41) is 17.2. The fourth-order valence-corrected chi connectivity index (χ4v) is 3.99. The minimum Gasteiger partial charge on any atom is -0.310 e. The summed E-state index contributed by atoms with van der Waals surface area (Å²) in [7, 11) is 1.79. The molecule has 158 valence electrons. The predicted octanol–water partition coefficient (Wildman–Crippen LogP) is 4.67. The Labute approximate surface area is 189 Å². The van der Waals surface area contributed by atoms with Crippen LogP contribution in [-0.4, -0.2) is 36.2 Å². The molecule has 2 aromatic carbocycles. The summed E-state index contributed by atoms with van der Waals surface area (Å²) in [4.78, 5) is 12.5. The van der Waals surface area contributed by atoms with Gasteiger partial charge in [0.2, 0.25) is 5.91 Å². The van der Waals surface area contributed by atoms with Gasteiger partial charge in [-0.15, -0.1) is 10.2 Å². The average molecular weight is 453 g/mol. The first-order valence-electron chi connectivity index (χ1n) is 9.62. The van der Waals surface area contributed by atoms with Gasteiger partial charge in [0.1, 0.15) is 5.82 Å². The monoisotopic (exact) mass is 452 g/mol. The summed E-state index contributed by atoms with van der Waals surface area (Å²) in [6, 6.07) is 17.4. The van der Waals surface area contributed by atoms with Gasteiger partial charge in [0, 0.05) is 29.4 Å². The topological polar surface area (TPSA) is 77.6 Å². The highest BCUT2D eigenvalue weighted by Gasteiger charge is 2.18. The van der Waals surface area contributed by atoms with Gasteiger partial charge in [-0.05, 0) is 38.1 Å². The number of carbonyl (C=O) groups excluding carboxylic acids is 1. The number of aryl methyl sites for hydroxylation is 3. The first-order chi connectivity index (χ1) is 14.9. The lowest BCUT2D eigenvalue weighted by Gasteiger charge is -2.11. The molecule has 1 amide bonds. The van der Waals surface area contributed by atoms with Crippen molar-refractivity contribution in [3.63, 3.8) is 0 Å². The van der Waals surface area contributed by atoms with Gasteiger partial charge in [0.15, 0.2) is 11.0 Å². The average Bonchev–Trinajstić information content (AvgIpc) is 3.30. The maximum absolute atomic E-state index is 12.5. The van der Waals surface area contributed by atoms with Crippen LogP contribution in [-0.2, 0) is 11.8 Å². The molecule has 0 aliphatic carbocycles. The van der Waals surface area contributed by atoms with Gasteiger partial charge >= 0.3 is 0 Å². The number of aromatic nitrogens is 5. The molecule has 4 aromatic rings. The zero-order chi connectivity index (χ0) is 22.0. The van der Waals surface area contributed by atoms with Gasteiger partial charge in [-0.3, -0.25) is 14.0 Å². The quantitative estimate of drug-likeness (QED) is 0.430. The van der Waals surface area contributed by atoms with Crippen molar-refractivity contribution in [1.29, 1.82) is 0 Å². The van der Waals surface area contributed by atoms with E-state index >= 15 is 0 Å². The number of amides is 1. The Kier molecular flexibility index (Phi) is 6.11. The fraction of sp³-hybridized carbons (Fsp3) is 0.182. The minimum atomic E-state index is -0.143. The Morgan fingerprint density at radius 1 is 1.06 bits per heavy atom. The van der Waals surface area contributed by atoms with E-state index in [-0.39, 0.29) is 11.7 Å². The molecule has 9 heteroatoms. The van der Waals surface area contributed by atoms with Crippen molar-refractivity contribution in [2.24, 2.45) is 7.05 Å². The zero-order valence-electron chi connectivity index (χ0n) is 17.3.